The fourth-order valence-electron chi connectivity index (χ4n) is 2.79. The van der Waals surface area contributed by atoms with Gasteiger partial charge in [-0.25, -0.2) is 0 Å². The molecule has 6 nitrogen and oxygen atoms in total. The highest BCUT2D eigenvalue weighted by Gasteiger charge is 2.41. The standard InChI is InChI=1S/C15H16Cl2N2O4/c16-10-7-11(17)9-12(8-10)18-13(20)14(21)19-3-1-15(2-4-19)22-5-6-23-15/h7-9H,1-6H2,(H,18,20). The van der Waals surface area contributed by atoms with Crippen LogP contribution in [0.5, 0.6) is 0 Å². The molecule has 1 aromatic carbocycles. The monoisotopic (exact) mass is 358 g/mol. The smallest absolute Gasteiger partial charge is 0.313 e. The number of piperidine rings is 1. The highest BCUT2D eigenvalue weighted by Crippen LogP contribution is 2.31. The van der Waals surface area contributed by atoms with Gasteiger partial charge in [-0.3, -0.25) is 9.59 Å². The third kappa shape index (κ3) is 3.77. The number of anilines is 1. The highest BCUT2D eigenvalue weighted by atomic mass is 35.5. The second-order valence-corrected chi connectivity index (χ2v) is 6.38. The zero-order valence-electron chi connectivity index (χ0n) is 12.3. The Balaban J connectivity index is 1.58. The van der Waals surface area contributed by atoms with Crippen LogP contribution in [0, 0.1) is 0 Å². The number of benzene rings is 1. The predicted molar refractivity (Wildman–Crippen MR) is 85.5 cm³/mol. The van der Waals surface area contributed by atoms with Crippen molar-refractivity contribution >= 4 is 40.7 Å². The Morgan fingerprint density at radius 2 is 1.61 bits per heavy atom. The van der Waals surface area contributed by atoms with E-state index in [4.69, 9.17) is 32.7 Å². The Morgan fingerprint density at radius 3 is 2.17 bits per heavy atom. The van der Waals surface area contributed by atoms with Gasteiger partial charge < -0.3 is 19.7 Å². The number of amides is 2. The van der Waals surface area contributed by atoms with Crippen molar-refractivity contribution in [3.8, 4) is 0 Å². The van der Waals surface area contributed by atoms with Gasteiger partial charge in [-0.1, -0.05) is 23.2 Å². The maximum Gasteiger partial charge on any atom is 0.313 e. The fourth-order valence-corrected chi connectivity index (χ4v) is 3.32. The Bertz CT molecular complexity index is 602. The first-order valence-electron chi connectivity index (χ1n) is 7.32. The Kier molecular flexibility index (Phi) is 4.77. The minimum atomic E-state index is -0.715. The van der Waals surface area contributed by atoms with Crippen LogP contribution in [0.15, 0.2) is 18.2 Å². The quantitative estimate of drug-likeness (QED) is 0.782. The van der Waals surface area contributed by atoms with E-state index in [0.29, 0.717) is 54.9 Å². The SMILES string of the molecule is O=C(Nc1cc(Cl)cc(Cl)c1)C(=O)N1CCC2(CC1)OCCO2. The van der Waals surface area contributed by atoms with Crippen LogP contribution in [0.2, 0.25) is 10.0 Å². The highest BCUT2D eigenvalue weighted by molar-refractivity contribution is 6.40. The van der Waals surface area contributed by atoms with Gasteiger partial charge in [-0.2, -0.15) is 0 Å². The van der Waals surface area contributed by atoms with Crippen molar-refractivity contribution in [3.05, 3.63) is 28.2 Å². The number of hydrogen-bond acceptors (Lipinski definition) is 4. The molecule has 0 saturated carbocycles. The molecule has 3 rings (SSSR count). The molecule has 2 heterocycles. The Morgan fingerprint density at radius 1 is 1.04 bits per heavy atom. The van der Waals surface area contributed by atoms with Gasteiger partial charge in [-0.05, 0) is 18.2 Å². The van der Waals surface area contributed by atoms with Crippen LogP contribution in [0.1, 0.15) is 12.8 Å². The third-order valence-electron chi connectivity index (χ3n) is 3.94. The van der Waals surface area contributed by atoms with E-state index in [-0.39, 0.29) is 0 Å². The molecule has 124 valence electrons. The molecule has 2 saturated heterocycles. The van der Waals surface area contributed by atoms with Gasteiger partial charge in [0.2, 0.25) is 0 Å². The van der Waals surface area contributed by atoms with Crippen molar-refractivity contribution < 1.29 is 19.1 Å². The number of likely N-dealkylation sites (tertiary alicyclic amines) is 1. The van der Waals surface area contributed by atoms with Crippen LogP contribution in [-0.4, -0.2) is 48.8 Å². The number of ether oxygens (including phenoxy) is 2. The summed E-state index contributed by atoms with van der Waals surface area (Å²) in [6.07, 6.45) is 1.13. The van der Waals surface area contributed by atoms with Crippen molar-refractivity contribution in [2.45, 2.75) is 18.6 Å². The van der Waals surface area contributed by atoms with Gasteiger partial charge in [0.25, 0.3) is 0 Å². The lowest BCUT2D eigenvalue weighted by Crippen LogP contribution is -2.50. The summed E-state index contributed by atoms with van der Waals surface area (Å²) in [5, 5.41) is 3.29. The van der Waals surface area contributed by atoms with Gasteiger partial charge in [0, 0.05) is 41.7 Å². The topological polar surface area (TPSA) is 67.9 Å². The molecule has 2 amide bonds. The summed E-state index contributed by atoms with van der Waals surface area (Å²) < 4.78 is 11.2. The third-order valence-corrected chi connectivity index (χ3v) is 4.38. The van der Waals surface area contributed by atoms with Crippen LogP contribution < -0.4 is 5.32 Å². The molecular weight excluding hydrogens is 343 g/mol. The second kappa shape index (κ2) is 6.65. The molecule has 8 heteroatoms. The largest absolute Gasteiger partial charge is 0.347 e. The number of carbonyl (C=O) groups excluding carboxylic acids is 2. The molecule has 0 bridgehead atoms. The molecule has 2 fully saturated rings. The minimum absolute atomic E-state index is 0.385. The molecule has 2 aliphatic rings. The average molecular weight is 359 g/mol. The maximum atomic E-state index is 12.2. The first kappa shape index (κ1) is 16.5. The van der Waals surface area contributed by atoms with Crippen molar-refractivity contribution in [1.82, 2.24) is 4.90 Å². The van der Waals surface area contributed by atoms with E-state index < -0.39 is 17.6 Å². The van der Waals surface area contributed by atoms with Crippen LogP contribution in [-0.2, 0) is 19.1 Å². The van der Waals surface area contributed by atoms with E-state index in [1.807, 2.05) is 0 Å². The minimum Gasteiger partial charge on any atom is -0.347 e. The molecule has 0 aromatic heterocycles. The number of rotatable bonds is 1. The Labute approximate surface area is 143 Å². The van der Waals surface area contributed by atoms with E-state index in [2.05, 4.69) is 5.32 Å². The number of nitrogens with zero attached hydrogens (tertiary/aromatic N) is 1. The van der Waals surface area contributed by atoms with Gasteiger partial charge >= 0.3 is 11.8 Å². The lowest BCUT2D eigenvalue weighted by atomic mass is 10.0. The first-order valence-corrected chi connectivity index (χ1v) is 8.07. The van der Waals surface area contributed by atoms with Crippen molar-refractivity contribution in [2.75, 3.05) is 31.6 Å². The zero-order chi connectivity index (χ0) is 16.4. The lowest BCUT2D eigenvalue weighted by molar-refractivity contribution is -0.187. The predicted octanol–water partition coefficient (Wildman–Crippen LogP) is 2.30. The number of halogens is 2. The summed E-state index contributed by atoms with van der Waals surface area (Å²) >= 11 is 11.7. The number of nitrogens with one attached hydrogen (secondary N) is 1. The molecule has 0 unspecified atom stereocenters. The zero-order valence-corrected chi connectivity index (χ0v) is 13.8. The average Bonchev–Trinajstić information content (AvgIpc) is 2.94. The molecule has 1 aromatic rings. The summed E-state index contributed by atoms with van der Waals surface area (Å²) in [5.41, 5.74) is 0.386. The maximum absolute atomic E-state index is 12.2. The summed E-state index contributed by atoms with van der Waals surface area (Å²) in [7, 11) is 0. The van der Waals surface area contributed by atoms with E-state index >= 15 is 0 Å². The van der Waals surface area contributed by atoms with E-state index in [9.17, 15) is 9.59 Å². The lowest BCUT2D eigenvalue weighted by Gasteiger charge is -2.37. The van der Waals surface area contributed by atoms with Crippen LogP contribution >= 0.6 is 23.2 Å². The summed E-state index contributed by atoms with van der Waals surface area (Å²) in [4.78, 5) is 25.8. The van der Waals surface area contributed by atoms with Crippen LogP contribution in [0.4, 0.5) is 5.69 Å². The van der Waals surface area contributed by atoms with Crippen molar-refractivity contribution in [2.24, 2.45) is 0 Å². The van der Waals surface area contributed by atoms with Gasteiger partial charge in [0.15, 0.2) is 5.79 Å². The van der Waals surface area contributed by atoms with Crippen molar-refractivity contribution in [3.63, 3.8) is 0 Å². The van der Waals surface area contributed by atoms with Gasteiger partial charge in [0.1, 0.15) is 0 Å². The molecule has 23 heavy (non-hydrogen) atoms. The number of hydrogen-bond donors (Lipinski definition) is 1. The molecule has 0 radical (unpaired) electrons. The molecule has 0 aliphatic carbocycles. The first-order chi connectivity index (χ1) is 11.0. The second-order valence-electron chi connectivity index (χ2n) is 5.51. The van der Waals surface area contributed by atoms with E-state index in [0.717, 1.165) is 0 Å². The summed E-state index contributed by atoms with van der Waals surface area (Å²) in [5.74, 6) is -1.88. The van der Waals surface area contributed by atoms with Crippen molar-refractivity contribution in [1.29, 1.82) is 0 Å². The fraction of sp³-hybridized carbons (Fsp3) is 0.467. The summed E-state index contributed by atoms with van der Waals surface area (Å²) in [6, 6.07) is 4.61. The molecular formula is C15H16Cl2N2O4. The normalized spacial score (nSPS) is 19.8. The van der Waals surface area contributed by atoms with E-state index in [1.165, 1.54) is 17.0 Å². The van der Waals surface area contributed by atoms with Gasteiger partial charge in [0.05, 0.1) is 13.2 Å². The Hall–Kier alpha value is -1.34. The van der Waals surface area contributed by atoms with E-state index in [1.54, 1.807) is 6.07 Å². The van der Waals surface area contributed by atoms with Gasteiger partial charge in [-0.15, -0.1) is 0 Å². The summed E-state index contributed by atoms with van der Waals surface area (Å²) in [6.45, 7) is 1.99. The molecule has 1 N–H and O–H groups in total. The molecule has 2 aliphatic heterocycles. The number of carbonyl (C=O) groups is 2. The van der Waals surface area contributed by atoms with Crippen LogP contribution in [0.3, 0.4) is 0 Å². The van der Waals surface area contributed by atoms with Crippen LogP contribution in [0.25, 0.3) is 0 Å². The molecule has 1 spiro atoms. The molecule has 0 atom stereocenters.